The number of carbonyl (C=O) groups is 1. The maximum absolute atomic E-state index is 11.7. The van der Waals surface area contributed by atoms with Crippen LogP contribution in [-0.4, -0.2) is 17.1 Å². The topological polar surface area (TPSA) is 54.0 Å². The van der Waals surface area contributed by atoms with Crippen molar-refractivity contribution < 1.29 is 4.79 Å². The van der Waals surface area contributed by atoms with Crippen LogP contribution in [0.3, 0.4) is 0 Å². The van der Waals surface area contributed by atoms with Crippen LogP contribution in [-0.2, 0) is 0 Å². The van der Waals surface area contributed by atoms with E-state index in [0.29, 0.717) is 0 Å². The Morgan fingerprint density at radius 1 is 1.28 bits per heavy atom. The molecule has 2 N–H and O–H groups in total. The van der Waals surface area contributed by atoms with E-state index < -0.39 is 0 Å². The highest BCUT2D eigenvalue weighted by atomic mass is 16.2. The van der Waals surface area contributed by atoms with Gasteiger partial charge < -0.3 is 10.6 Å². The Morgan fingerprint density at radius 2 is 2.00 bits per heavy atom. The van der Waals surface area contributed by atoms with Crippen LogP contribution in [0.25, 0.3) is 10.9 Å². The van der Waals surface area contributed by atoms with Crippen molar-refractivity contribution in [3.8, 4) is 0 Å². The van der Waals surface area contributed by atoms with Crippen LogP contribution in [0.1, 0.15) is 19.5 Å². The summed E-state index contributed by atoms with van der Waals surface area (Å²) in [4.78, 5) is 16.2. The number of nitrogens with one attached hydrogen (secondary N) is 2. The molecule has 4 nitrogen and oxygen atoms in total. The van der Waals surface area contributed by atoms with E-state index in [1.54, 1.807) is 0 Å². The SMILES string of the molecule is Cc1cc(NC(=O)NC(C)C)c2ccccc2n1. The third kappa shape index (κ3) is 2.77. The van der Waals surface area contributed by atoms with E-state index in [9.17, 15) is 4.79 Å². The number of hydrogen-bond donors (Lipinski definition) is 2. The minimum atomic E-state index is -0.194. The molecule has 94 valence electrons. The fourth-order valence-corrected chi connectivity index (χ4v) is 1.83. The summed E-state index contributed by atoms with van der Waals surface area (Å²) in [6.07, 6.45) is 0. The summed E-state index contributed by atoms with van der Waals surface area (Å²) in [7, 11) is 0. The average Bonchev–Trinajstić information content (AvgIpc) is 2.27. The molecule has 0 spiro atoms. The maximum atomic E-state index is 11.7. The summed E-state index contributed by atoms with van der Waals surface area (Å²) in [5.41, 5.74) is 2.56. The van der Waals surface area contributed by atoms with Gasteiger partial charge in [-0.1, -0.05) is 18.2 Å². The van der Waals surface area contributed by atoms with Crippen LogP contribution in [0.15, 0.2) is 30.3 Å². The largest absolute Gasteiger partial charge is 0.336 e. The first-order valence-electron chi connectivity index (χ1n) is 6.00. The molecule has 18 heavy (non-hydrogen) atoms. The molecule has 4 heteroatoms. The first-order chi connectivity index (χ1) is 8.56. The summed E-state index contributed by atoms with van der Waals surface area (Å²) in [5.74, 6) is 0. The van der Waals surface area contributed by atoms with Crippen molar-refractivity contribution in [2.24, 2.45) is 0 Å². The quantitative estimate of drug-likeness (QED) is 0.851. The van der Waals surface area contributed by atoms with Gasteiger partial charge in [0.2, 0.25) is 0 Å². The fraction of sp³-hybridized carbons (Fsp3) is 0.286. The lowest BCUT2D eigenvalue weighted by atomic mass is 10.1. The number of urea groups is 1. The molecule has 0 saturated carbocycles. The monoisotopic (exact) mass is 243 g/mol. The van der Waals surface area contributed by atoms with Gasteiger partial charge in [0.05, 0.1) is 11.2 Å². The van der Waals surface area contributed by atoms with E-state index in [4.69, 9.17) is 0 Å². The van der Waals surface area contributed by atoms with Crippen molar-refractivity contribution in [1.29, 1.82) is 0 Å². The first kappa shape index (κ1) is 12.4. The number of benzene rings is 1. The number of aryl methyl sites for hydroxylation is 1. The molecule has 2 rings (SSSR count). The Hall–Kier alpha value is -2.10. The van der Waals surface area contributed by atoms with Crippen molar-refractivity contribution in [3.63, 3.8) is 0 Å². The number of pyridine rings is 1. The number of carbonyl (C=O) groups excluding carboxylic acids is 1. The number of aromatic nitrogens is 1. The standard InChI is InChI=1S/C14H17N3O/c1-9(2)15-14(18)17-13-8-10(3)16-12-7-5-4-6-11(12)13/h4-9H,1-3H3,(H2,15,16,17,18). The molecular weight excluding hydrogens is 226 g/mol. The molecule has 0 saturated heterocycles. The van der Waals surface area contributed by atoms with Gasteiger partial charge in [0, 0.05) is 17.1 Å². The van der Waals surface area contributed by atoms with Crippen LogP contribution >= 0.6 is 0 Å². The molecule has 0 fully saturated rings. The zero-order valence-electron chi connectivity index (χ0n) is 10.8. The van der Waals surface area contributed by atoms with Crippen LogP contribution in [0.5, 0.6) is 0 Å². The Kier molecular flexibility index (Phi) is 3.46. The van der Waals surface area contributed by atoms with Crippen molar-refractivity contribution in [2.75, 3.05) is 5.32 Å². The minimum absolute atomic E-state index is 0.110. The van der Waals surface area contributed by atoms with Crippen molar-refractivity contribution in [2.45, 2.75) is 26.8 Å². The second-order valence-corrected chi connectivity index (χ2v) is 4.58. The number of para-hydroxylation sites is 1. The zero-order chi connectivity index (χ0) is 13.1. The highest BCUT2D eigenvalue weighted by Crippen LogP contribution is 2.22. The highest BCUT2D eigenvalue weighted by Gasteiger charge is 2.07. The molecule has 0 radical (unpaired) electrons. The van der Waals surface area contributed by atoms with Crippen LogP contribution in [0.4, 0.5) is 10.5 Å². The van der Waals surface area contributed by atoms with Gasteiger partial charge in [0.1, 0.15) is 0 Å². The predicted octanol–water partition coefficient (Wildman–Crippen LogP) is 3.07. The molecule has 1 heterocycles. The number of fused-ring (bicyclic) bond motifs is 1. The zero-order valence-corrected chi connectivity index (χ0v) is 10.8. The van der Waals surface area contributed by atoms with Gasteiger partial charge in [0.15, 0.2) is 0 Å². The number of anilines is 1. The molecule has 0 bridgehead atoms. The molecule has 1 aromatic carbocycles. The lowest BCUT2D eigenvalue weighted by Crippen LogP contribution is -2.34. The van der Waals surface area contributed by atoms with Gasteiger partial charge in [-0.05, 0) is 32.9 Å². The number of nitrogens with zero attached hydrogens (tertiary/aromatic N) is 1. The average molecular weight is 243 g/mol. The lowest BCUT2D eigenvalue weighted by Gasteiger charge is -2.12. The summed E-state index contributed by atoms with van der Waals surface area (Å²) < 4.78 is 0. The van der Waals surface area contributed by atoms with E-state index in [1.807, 2.05) is 51.1 Å². The molecule has 0 aliphatic heterocycles. The molecule has 1 aromatic heterocycles. The molecule has 2 aromatic rings. The van der Waals surface area contributed by atoms with E-state index in [-0.39, 0.29) is 12.1 Å². The van der Waals surface area contributed by atoms with E-state index in [2.05, 4.69) is 15.6 Å². The second-order valence-electron chi connectivity index (χ2n) is 4.58. The second kappa shape index (κ2) is 5.04. The Morgan fingerprint density at radius 3 is 2.72 bits per heavy atom. The predicted molar refractivity (Wildman–Crippen MR) is 73.8 cm³/mol. The van der Waals surface area contributed by atoms with Gasteiger partial charge in [-0.15, -0.1) is 0 Å². The van der Waals surface area contributed by atoms with Crippen LogP contribution < -0.4 is 10.6 Å². The van der Waals surface area contributed by atoms with Crippen molar-refractivity contribution in [1.82, 2.24) is 10.3 Å². The van der Waals surface area contributed by atoms with E-state index in [1.165, 1.54) is 0 Å². The lowest BCUT2D eigenvalue weighted by molar-refractivity contribution is 0.250. The number of amides is 2. The molecule has 0 unspecified atom stereocenters. The summed E-state index contributed by atoms with van der Waals surface area (Å²) in [5, 5.41) is 6.62. The smallest absolute Gasteiger partial charge is 0.319 e. The Bertz CT molecular complexity index is 578. The third-order valence-electron chi connectivity index (χ3n) is 2.51. The summed E-state index contributed by atoms with van der Waals surface area (Å²) in [6.45, 7) is 5.77. The van der Waals surface area contributed by atoms with Gasteiger partial charge in [0.25, 0.3) is 0 Å². The highest BCUT2D eigenvalue weighted by molar-refractivity contribution is 6.00. The number of rotatable bonds is 2. The molecular formula is C14H17N3O. The van der Waals surface area contributed by atoms with E-state index >= 15 is 0 Å². The fourth-order valence-electron chi connectivity index (χ4n) is 1.83. The van der Waals surface area contributed by atoms with Gasteiger partial charge in [-0.3, -0.25) is 4.98 Å². The maximum Gasteiger partial charge on any atom is 0.319 e. The summed E-state index contributed by atoms with van der Waals surface area (Å²) in [6, 6.07) is 9.56. The van der Waals surface area contributed by atoms with Crippen LogP contribution in [0, 0.1) is 6.92 Å². The molecule has 0 aliphatic carbocycles. The number of hydrogen-bond acceptors (Lipinski definition) is 2. The van der Waals surface area contributed by atoms with Crippen LogP contribution in [0.2, 0.25) is 0 Å². The molecule has 0 atom stereocenters. The van der Waals surface area contributed by atoms with Gasteiger partial charge in [-0.25, -0.2) is 4.79 Å². The van der Waals surface area contributed by atoms with E-state index in [0.717, 1.165) is 22.3 Å². The van der Waals surface area contributed by atoms with Crippen molar-refractivity contribution in [3.05, 3.63) is 36.0 Å². The minimum Gasteiger partial charge on any atom is -0.336 e. The Labute approximate surface area is 106 Å². The third-order valence-corrected chi connectivity index (χ3v) is 2.51. The molecule has 0 aliphatic rings. The van der Waals surface area contributed by atoms with Gasteiger partial charge in [-0.2, -0.15) is 0 Å². The molecule has 2 amide bonds. The summed E-state index contributed by atoms with van der Waals surface area (Å²) >= 11 is 0. The van der Waals surface area contributed by atoms with Crippen molar-refractivity contribution >= 4 is 22.6 Å². The Balaban J connectivity index is 2.35. The first-order valence-corrected chi connectivity index (χ1v) is 6.00. The van der Waals surface area contributed by atoms with Gasteiger partial charge >= 0.3 is 6.03 Å². The normalized spacial score (nSPS) is 10.7.